The van der Waals surface area contributed by atoms with Gasteiger partial charge in [-0.2, -0.15) is 18.4 Å². The first-order valence-corrected chi connectivity index (χ1v) is 9.57. The average Bonchev–Trinajstić information content (AvgIpc) is 2.87. The summed E-state index contributed by atoms with van der Waals surface area (Å²) in [6.45, 7) is 1.85. The predicted molar refractivity (Wildman–Crippen MR) is 108 cm³/mol. The lowest BCUT2D eigenvalue weighted by Gasteiger charge is -2.24. The highest BCUT2D eigenvalue weighted by Crippen LogP contribution is 2.41. The van der Waals surface area contributed by atoms with Crippen molar-refractivity contribution in [3.8, 4) is 23.1 Å². The lowest BCUT2D eigenvalue weighted by molar-refractivity contribution is -0.137. The smallest absolute Gasteiger partial charge is 0.418 e. The number of pyridine rings is 1. The number of nitrogen functional groups attached to an aromatic ring is 1. The quantitative estimate of drug-likeness (QED) is 0.749. The fraction of sp³-hybridized carbons (Fsp3) is 0.250. The fourth-order valence-electron chi connectivity index (χ4n) is 3.65. The van der Waals surface area contributed by atoms with Crippen LogP contribution in [0.25, 0.3) is 17.1 Å². The van der Waals surface area contributed by atoms with Gasteiger partial charge in [0, 0.05) is 18.3 Å². The van der Waals surface area contributed by atoms with Gasteiger partial charge in [-0.1, -0.05) is 11.6 Å². The molecule has 0 bridgehead atoms. The lowest BCUT2D eigenvalue weighted by Crippen LogP contribution is -2.44. The van der Waals surface area contributed by atoms with Crippen molar-refractivity contribution in [1.82, 2.24) is 15.2 Å². The van der Waals surface area contributed by atoms with E-state index < -0.39 is 11.7 Å². The highest BCUT2D eigenvalue weighted by molar-refractivity contribution is 6.33. The van der Waals surface area contributed by atoms with Crippen molar-refractivity contribution in [3.05, 3.63) is 51.3 Å². The molecule has 4 rings (SSSR count). The highest BCUT2D eigenvalue weighted by atomic mass is 35.5. The minimum atomic E-state index is -4.67. The van der Waals surface area contributed by atoms with Crippen molar-refractivity contribution < 1.29 is 17.9 Å². The first-order chi connectivity index (χ1) is 14.7. The van der Waals surface area contributed by atoms with Crippen LogP contribution in [0.15, 0.2) is 29.6 Å². The maximum Gasteiger partial charge on any atom is 0.418 e. The first kappa shape index (κ1) is 20.8. The Hall–Kier alpha value is -3.45. The normalized spacial score (nSPS) is 14.7. The SMILES string of the molecule is Cc1cc(N)nc(-c2cc3c4c(c2Cl)=NCNC=4N(CCC#N)C=CO3)c1C(F)(F)F. The van der Waals surface area contributed by atoms with Gasteiger partial charge in [0.15, 0.2) is 0 Å². The van der Waals surface area contributed by atoms with Crippen LogP contribution >= 0.6 is 11.6 Å². The Morgan fingerprint density at radius 1 is 1.39 bits per heavy atom. The largest absolute Gasteiger partial charge is 0.463 e. The summed E-state index contributed by atoms with van der Waals surface area (Å²) in [4.78, 5) is 10.1. The summed E-state index contributed by atoms with van der Waals surface area (Å²) in [5, 5.41) is 12.8. The molecule has 11 heteroatoms. The fourth-order valence-corrected chi connectivity index (χ4v) is 3.95. The molecule has 2 aliphatic rings. The van der Waals surface area contributed by atoms with Gasteiger partial charge in [0.1, 0.15) is 30.3 Å². The van der Waals surface area contributed by atoms with Crippen LogP contribution < -0.4 is 26.4 Å². The molecule has 0 atom stereocenters. The van der Waals surface area contributed by atoms with Gasteiger partial charge in [-0.3, -0.25) is 4.99 Å². The molecular formula is C20H16ClF3N6O. The summed E-state index contributed by atoms with van der Waals surface area (Å²) >= 11 is 6.58. The molecular weight excluding hydrogens is 433 g/mol. The molecule has 2 aliphatic heterocycles. The number of alkyl halides is 3. The summed E-state index contributed by atoms with van der Waals surface area (Å²) in [6, 6.07) is 4.64. The second-order valence-electron chi connectivity index (χ2n) is 6.89. The molecule has 160 valence electrons. The predicted octanol–water partition coefficient (Wildman–Crippen LogP) is 2.64. The van der Waals surface area contributed by atoms with E-state index in [1.54, 1.807) is 11.1 Å². The molecule has 3 N–H and O–H groups in total. The number of nitriles is 1. The van der Waals surface area contributed by atoms with E-state index in [1.807, 2.05) is 0 Å². The van der Waals surface area contributed by atoms with Gasteiger partial charge in [0.2, 0.25) is 0 Å². The number of anilines is 1. The second kappa shape index (κ2) is 7.67. The second-order valence-corrected chi connectivity index (χ2v) is 7.27. The molecule has 0 saturated carbocycles. The Bertz CT molecular complexity index is 1270. The van der Waals surface area contributed by atoms with Crippen molar-refractivity contribution in [2.75, 3.05) is 18.9 Å². The van der Waals surface area contributed by atoms with Gasteiger partial charge in [-0.05, 0) is 24.6 Å². The monoisotopic (exact) mass is 448 g/mol. The zero-order valence-corrected chi connectivity index (χ0v) is 17.0. The molecule has 31 heavy (non-hydrogen) atoms. The molecule has 0 unspecified atom stereocenters. The number of ether oxygens (including phenoxy) is 1. The van der Waals surface area contributed by atoms with E-state index in [0.29, 0.717) is 17.6 Å². The maximum atomic E-state index is 13.9. The number of benzene rings is 1. The van der Waals surface area contributed by atoms with E-state index in [2.05, 4.69) is 21.4 Å². The van der Waals surface area contributed by atoms with Crippen molar-refractivity contribution in [3.63, 3.8) is 0 Å². The van der Waals surface area contributed by atoms with E-state index in [-0.39, 0.29) is 51.9 Å². The Labute approximate surface area is 179 Å². The number of hydrogen-bond donors (Lipinski definition) is 2. The number of hydrogen-bond acceptors (Lipinski definition) is 7. The Morgan fingerprint density at radius 3 is 2.87 bits per heavy atom. The zero-order chi connectivity index (χ0) is 22.3. The zero-order valence-electron chi connectivity index (χ0n) is 16.2. The van der Waals surface area contributed by atoms with Gasteiger partial charge in [-0.15, -0.1) is 0 Å². The number of nitrogens with zero attached hydrogens (tertiary/aromatic N) is 4. The topological polar surface area (TPSA) is 99.6 Å². The molecule has 2 aromatic rings. The minimum absolute atomic E-state index is 0.00600. The van der Waals surface area contributed by atoms with Crippen molar-refractivity contribution in [2.24, 2.45) is 4.99 Å². The Kier molecular flexibility index (Phi) is 5.15. The van der Waals surface area contributed by atoms with Gasteiger partial charge < -0.3 is 20.7 Å². The summed E-state index contributed by atoms with van der Waals surface area (Å²) in [5.74, 6) is 0.797. The van der Waals surface area contributed by atoms with E-state index in [0.717, 1.165) is 0 Å². The number of rotatable bonds is 3. The molecule has 0 saturated heterocycles. The van der Waals surface area contributed by atoms with E-state index in [4.69, 9.17) is 27.3 Å². The molecule has 1 aromatic carbocycles. The van der Waals surface area contributed by atoms with Crippen LogP contribution in [-0.2, 0) is 6.18 Å². The van der Waals surface area contributed by atoms with Gasteiger partial charge >= 0.3 is 6.18 Å². The number of nitrogens with one attached hydrogen (secondary N) is 1. The van der Waals surface area contributed by atoms with Crippen LogP contribution in [0.4, 0.5) is 19.0 Å². The molecule has 0 spiro atoms. The molecule has 0 aliphatic carbocycles. The molecule has 0 amide bonds. The number of aromatic nitrogens is 1. The minimum Gasteiger partial charge on any atom is -0.463 e. The number of halogens is 4. The summed E-state index contributed by atoms with van der Waals surface area (Å²) in [5.41, 5.74) is 4.40. The average molecular weight is 449 g/mol. The maximum absolute atomic E-state index is 13.9. The van der Waals surface area contributed by atoms with E-state index in [1.165, 1.54) is 25.3 Å². The summed E-state index contributed by atoms with van der Waals surface area (Å²) < 4.78 is 47.2. The Morgan fingerprint density at radius 2 is 2.16 bits per heavy atom. The summed E-state index contributed by atoms with van der Waals surface area (Å²) in [6.07, 6.45) is -1.39. The van der Waals surface area contributed by atoms with Crippen molar-refractivity contribution in [2.45, 2.75) is 19.5 Å². The third-order valence-corrected chi connectivity index (χ3v) is 5.27. The van der Waals surface area contributed by atoms with E-state index in [9.17, 15) is 13.2 Å². The van der Waals surface area contributed by atoms with Crippen LogP contribution in [0.5, 0.6) is 5.75 Å². The molecule has 7 nitrogen and oxygen atoms in total. The number of nitrogens with two attached hydrogens (primary N) is 1. The van der Waals surface area contributed by atoms with Gasteiger partial charge in [-0.25, -0.2) is 4.98 Å². The molecule has 0 fully saturated rings. The van der Waals surface area contributed by atoms with Crippen LogP contribution in [0.3, 0.4) is 0 Å². The first-order valence-electron chi connectivity index (χ1n) is 9.19. The van der Waals surface area contributed by atoms with Crippen LogP contribution in [-0.4, -0.2) is 23.1 Å². The van der Waals surface area contributed by atoms with Gasteiger partial charge in [0.25, 0.3) is 0 Å². The molecule has 1 aromatic heterocycles. The third-order valence-electron chi connectivity index (χ3n) is 4.89. The van der Waals surface area contributed by atoms with Crippen LogP contribution in [0.2, 0.25) is 5.02 Å². The highest BCUT2D eigenvalue weighted by Gasteiger charge is 2.37. The summed E-state index contributed by atoms with van der Waals surface area (Å²) in [7, 11) is 0. The van der Waals surface area contributed by atoms with Gasteiger partial charge in [0.05, 0.1) is 39.3 Å². The number of aryl methyl sites for hydroxylation is 1. The van der Waals surface area contributed by atoms with Crippen molar-refractivity contribution in [1.29, 1.82) is 5.26 Å². The van der Waals surface area contributed by atoms with E-state index >= 15 is 0 Å². The molecule has 3 heterocycles. The standard InChI is InChI=1S/C20H16ClF3N6O/c1-10-7-13(26)29-17(15(10)20(22,23)24)11-8-12-14-18(16(11)21)27-9-28-19(14)30(4-2-3-25)5-6-31-12/h5-8,28H,2,4,9H2,1H3,(H2,26,29). The third kappa shape index (κ3) is 3.61. The van der Waals surface area contributed by atoms with Crippen molar-refractivity contribution >= 4 is 23.2 Å². The molecule has 0 radical (unpaired) electrons. The lowest BCUT2D eigenvalue weighted by atomic mass is 9.99. The van der Waals surface area contributed by atoms with Crippen LogP contribution in [0, 0.1) is 18.3 Å². The van der Waals surface area contributed by atoms with Crippen LogP contribution in [0.1, 0.15) is 17.5 Å². The Balaban J connectivity index is 2.04.